The van der Waals surface area contributed by atoms with E-state index >= 15 is 0 Å². The molecule has 66 valence electrons. The predicted octanol–water partition coefficient (Wildman–Crippen LogP) is 1.76. The number of rotatable bonds is 0. The van der Waals surface area contributed by atoms with E-state index in [-0.39, 0.29) is 0 Å². The van der Waals surface area contributed by atoms with Gasteiger partial charge in [-0.2, -0.15) is 0 Å². The first kappa shape index (κ1) is 9.01. The van der Waals surface area contributed by atoms with Gasteiger partial charge in [-0.1, -0.05) is 27.2 Å². The van der Waals surface area contributed by atoms with Gasteiger partial charge in [-0.25, -0.2) is 5.01 Å². The number of hydrogen-bond acceptors (Lipinski definition) is 2. The smallest absolute Gasteiger partial charge is 0.0289 e. The van der Waals surface area contributed by atoms with Crippen molar-refractivity contribution in [3.05, 3.63) is 0 Å². The zero-order valence-electron chi connectivity index (χ0n) is 7.93. The molecule has 1 saturated heterocycles. The van der Waals surface area contributed by atoms with Crippen LogP contribution in [0.15, 0.2) is 0 Å². The van der Waals surface area contributed by atoms with Crippen molar-refractivity contribution in [3.8, 4) is 0 Å². The molecule has 1 aliphatic rings. The minimum absolute atomic E-state index is 0.342. The Balaban J connectivity index is 2.55. The fraction of sp³-hybridized carbons (Fsp3) is 1.00. The fourth-order valence-corrected chi connectivity index (χ4v) is 1.88. The van der Waals surface area contributed by atoms with Gasteiger partial charge in [-0.05, 0) is 18.3 Å². The van der Waals surface area contributed by atoms with Gasteiger partial charge in [0.2, 0.25) is 0 Å². The minimum atomic E-state index is 0.342. The molecule has 2 N–H and O–H groups in total. The Morgan fingerprint density at radius 2 is 1.91 bits per heavy atom. The summed E-state index contributed by atoms with van der Waals surface area (Å²) in [4.78, 5) is 0. The van der Waals surface area contributed by atoms with Crippen molar-refractivity contribution in [1.29, 1.82) is 0 Å². The van der Waals surface area contributed by atoms with Crippen LogP contribution in [-0.4, -0.2) is 17.6 Å². The molecule has 1 atom stereocenters. The maximum Gasteiger partial charge on any atom is 0.0289 e. The molecule has 11 heavy (non-hydrogen) atoms. The second kappa shape index (κ2) is 3.11. The molecule has 0 aromatic rings. The summed E-state index contributed by atoms with van der Waals surface area (Å²) in [5, 5.41) is 2.02. The van der Waals surface area contributed by atoms with Crippen molar-refractivity contribution in [2.45, 2.75) is 46.1 Å². The molecule has 1 heterocycles. The van der Waals surface area contributed by atoms with E-state index in [2.05, 4.69) is 20.8 Å². The molecule has 0 aromatic carbocycles. The van der Waals surface area contributed by atoms with Crippen molar-refractivity contribution in [1.82, 2.24) is 5.01 Å². The fourth-order valence-electron chi connectivity index (χ4n) is 1.88. The third-order valence-electron chi connectivity index (χ3n) is 2.54. The van der Waals surface area contributed by atoms with Crippen LogP contribution in [0.1, 0.15) is 40.0 Å². The van der Waals surface area contributed by atoms with Gasteiger partial charge in [0.25, 0.3) is 0 Å². The molecule has 0 spiro atoms. The zero-order valence-corrected chi connectivity index (χ0v) is 7.93. The van der Waals surface area contributed by atoms with Crippen LogP contribution in [-0.2, 0) is 0 Å². The van der Waals surface area contributed by atoms with Crippen LogP contribution in [0.25, 0.3) is 0 Å². The molecule has 0 aromatic heterocycles. The lowest BCUT2D eigenvalue weighted by atomic mass is 9.81. The molecule has 2 nitrogen and oxygen atoms in total. The number of nitrogens with two attached hydrogens (primary N) is 1. The van der Waals surface area contributed by atoms with Crippen molar-refractivity contribution in [2.24, 2.45) is 11.3 Å². The van der Waals surface area contributed by atoms with Gasteiger partial charge in [0.15, 0.2) is 0 Å². The van der Waals surface area contributed by atoms with Crippen LogP contribution >= 0.6 is 0 Å². The normalized spacial score (nSPS) is 28.9. The maximum atomic E-state index is 5.90. The lowest BCUT2D eigenvalue weighted by molar-refractivity contribution is 0.0642. The zero-order chi connectivity index (χ0) is 8.48. The molecule has 1 aliphatic heterocycles. The SMILES string of the molecule is CC(C)(C)[C@@H]1CCCCN1N. The number of piperidine rings is 1. The molecule has 0 radical (unpaired) electrons. The van der Waals surface area contributed by atoms with E-state index in [1.807, 2.05) is 5.01 Å². The van der Waals surface area contributed by atoms with Crippen molar-refractivity contribution in [2.75, 3.05) is 6.54 Å². The quantitative estimate of drug-likeness (QED) is 0.541. The van der Waals surface area contributed by atoms with Crippen LogP contribution in [0, 0.1) is 5.41 Å². The molecular weight excluding hydrogens is 136 g/mol. The van der Waals surface area contributed by atoms with Gasteiger partial charge in [0.1, 0.15) is 0 Å². The molecule has 0 bridgehead atoms. The van der Waals surface area contributed by atoms with Gasteiger partial charge >= 0.3 is 0 Å². The molecular formula is C9H20N2. The first-order valence-corrected chi connectivity index (χ1v) is 4.53. The Hall–Kier alpha value is -0.0800. The summed E-state index contributed by atoms with van der Waals surface area (Å²) >= 11 is 0. The van der Waals surface area contributed by atoms with Crippen LogP contribution in [0.5, 0.6) is 0 Å². The summed E-state index contributed by atoms with van der Waals surface area (Å²) in [7, 11) is 0. The van der Waals surface area contributed by atoms with E-state index in [4.69, 9.17) is 5.84 Å². The molecule has 0 unspecified atom stereocenters. The largest absolute Gasteiger partial charge is 0.269 e. The standard InChI is InChI=1S/C9H20N2/c1-9(2,3)8-6-4-5-7-11(8)10/h8H,4-7,10H2,1-3H3/t8-/m0/s1. The Morgan fingerprint density at radius 1 is 1.27 bits per heavy atom. The first-order chi connectivity index (χ1) is 5.02. The average Bonchev–Trinajstić information content (AvgIpc) is 1.86. The molecule has 0 saturated carbocycles. The van der Waals surface area contributed by atoms with E-state index in [9.17, 15) is 0 Å². The van der Waals surface area contributed by atoms with E-state index in [1.54, 1.807) is 0 Å². The summed E-state index contributed by atoms with van der Waals surface area (Å²) in [6.07, 6.45) is 3.87. The number of hydrazine groups is 1. The Kier molecular flexibility index (Phi) is 2.55. The number of nitrogens with zero attached hydrogens (tertiary/aromatic N) is 1. The average molecular weight is 156 g/mol. The highest BCUT2D eigenvalue weighted by molar-refractivity contribution is 4.83. The van der Waals surface area contributed by atoms with Gasteiger partial charge in [0.05, 0.1) is 0 Å². The lowest BCUT2D eigenvalue weighted by Crippen LogP contribution is -2.50. The van der Waals surface area contributed by atoms with Gasteiger partial charge in [-0.15, -0.1) is 0 Å². The summed E-state index contributed by atoms with van der Waals surface area (Å²) in [6.45, 7) is 7.87. The monoisotopic (exact) mass is 156 g/mol. The van der Waals surface area contributed by atoms with Gasteiger partial charge in [0, 0.05) is 12.6 Å². The van der Waals surface area contributed by atoms with Crippen LogP contribution in [0.3, 0.4) is 0 Å². The molecule has 2 heteroatoms. The van der Waals surface area contributed by atoms with Gasteiger partial charge in [-0.3, -0.25) is 5.84 Å². The third kappa shape index (κ3) is 2.17. The Bertz CT molecular complexity index is 126. The van der Waals surface area contributed by atoms with Crippen molar-refractivity contribution in [3.63, 3.8) is 0 Å². The Morgan fingerprint density at radius 3 is 2.27 bits per heavy atom. The summed E-state index contributed by atoms with van der Waals surface area (Å²) in [5.41, 5.74) is 0.342. The van der Waals surface area contributed by atoms with Crippen molar-refractivity contribution >= 4 is 0 Å². The molecule has 1 rings (SSSR count). The molecule has 0 aliphatic carbocycles. The van der Waals surface area contributed by atoms with Crippen LogP contribution in [0.4, 0.5) is 0 Å². The molecule has 1 fully saturated rings. The maximum absolute atomic E-state index is 5.90. The van der Waals surface area contributed by atoms with E-state index in [0.717, 1.165) is 6.54 Å². The Labute approximate surface area is 69.7 Å². The molecule has 0 amide bonds. The summed E-state index contributed by atoms with van der Waals surface area (Å²) in [6, 6.07) is 0.580. The van der Waals surface area contributed by atoms with E-state index in [1.165, 1.54) is 19.3 Å². The topological polar surface area (TPSA) is 29.3 Å². The van der Waals surface area contributed by atoms with E-state index in [0.29, 0.717) is 11.5 Å². The predicted molar refractivity (Wildman–Crippen MR) is 48.0 cm³/mol. The van der Waals surface area contributed by atoms with Crippen LogP contribution < -0.4 is 5.84 Å². The second-order valence-electron chi connectivity index (χ2n) is 4.62. The minimum Gasteiger partial charge on any atom is -0.269 e. The highest BCUT2D eigenvalue weighted by Crippen LogP contribution is 2.29. The summed E-state index contributed by atoms with van der Waals surface area (Å²) in [5.74, 6) is 5.90. The first-order valence-electron chi connectivity index (χ1n) is 4.53. The number of hydrogen-bond donors (Lipinski definition) is 1. The van der Waals surface area contributed by atoms with E-state index < -0.39 is 0 Å². The second-order valence-corrected chi connectivity index (χ2v) is 4.62. The highest BCUT2D eigenvalue weighted by Gasteiger charge is 2.30. The van der Waals surface area contributed by atoms with Crippen LogP contribution in [0.2, 0.25) is 0 Å². The summed E-state index contributed by atoms with van der Waals surface area (Å²) < 4.78 is 0. The van der Waals surface area contributed by atoms with Gasteiger partial charge < -0.3 is 0 Å². The highest BCUT2D eigenvalue weighted by atomic mass is 15.4. The lowest BCUT2D eigenvalue weighted by Gasteiger charge is -2.40. The third-order valence-corrected chi connectivity index (χ3v) is 2.54. The van der Waals surface area contributed by atoms with Crippen molar-refractivity contribution < 1.29 is 0 Å².